The van der Waals surface area contributed by atoms with Crippen LogP contribution < -0.4 is 4.74 Å². The Morgan fingerprint density at radius 1 is 1.12 bits per heavy atom. The zero-order valence-electron chi connectivity index (χ0n) is 12.9. The Morgan fingerprint density at radius 2 is 1.92 bits per heavy atom. The van der Waals surface area contributed by atoms with E-state index < -0.39 is 5.97 Å². The molecule has 0 fully saturated rings. The molecule has 0 atom stereocenters. The molecule has 0 spiro atoms. The molecule has 0 saturated carbocycles. The van der Waals surface area contributed by atoms with Crippen molar-refractivity contribution < 1.29 is 14.3 Å². The zero-order chi connectivity index (χ0) is 16.9. The number of methoxy groups -OCH3 is 1. The van der Waals surface area contributed by atoms with Crippen LogP contribution in [0.4, 0.5) is 0 Å². The molecule has 4 nitrogen and oxygen atoms in total. The van der Waals surface area contributed by atoms with Crippen molar-refractivity contribution in [2.75, 3.05) is 7.11 Å². The number of hydrogen-bond acceptors (Lipinski definition) is 4. The minimum atomic E-state index is -0.482. The van der Waals surface area contributed by atoms with Gasteiger partial charge in [0, 0.05) is 16.1 Å². The molecular weight excluding hydrogens is 370 g/mol. The number of carbonyl (C=O) groups is 1. The molecule has 120 valence electrons. The molecule has 0 unspecified atom stereocenters. The Morgan fingerprint density at radius 3 is 2.67 bits per heavy atom. The van der Waals surface area contributed by atoms with Crippen molar-refractivity contribution in [3.63, 3.8) is 0 Å². The number of carbonyl (C=O) groups excluding carboxylic acids is 1. The lowest BCUT2D eigenvalue weighted by atomic mass is 10.1. The lowest BCUT2D eigenvalue weighted by Gasteiger charge is -2.04. The van der Waals surface area contributed by atoms with Crippen LogP contribution in [0.25, 0.3) is 12.2 Å². The quantitative estimate of drug-likeness (QED) is 0.578. The Labute approximate surface area is 148 Å². The van der Waals surface area contributed by atoms with Gasteiger partial charge in [0.25, 0.3) is 0 Å². The Hall–Kier alpha value is -2.66. The second-order valence-corrected chi connectivity index (χ2v) is 5.92. The largest absolute Gasteiger partial charge is 0.496 e. The summed E-state index contributed by atoms with van der Waals surface area (Å²) in [5.74, 6) is 0.441. The van der Waals surface area contributed by atoms with Crippen LogP contribution in [0.3, 0.4) is 0 Å². The van der Waals surface area contributed by atoms with Gasteiger partial charge in [-0.15, -0.1) is 0 Å². The van der Waals surface area contributed by atoms with Crippen LogP contribution in [0.2, 0.25) is 0 Å². The molecule has 24 heavy (non-hydrogen) atoms. The van der Waals surface area contributed by atoms with E-state index >= 15 is 0 Å². The van der Waals surface area contributed by atoms with Crippen LogP contribution in [0.1, 0.15) is 11.1 Å². The van der Waals surface area contributed by atoms with E-state index in [0.29, 0.717) is 5.75 Å². The minimum Gasteiger partial charge on any atom is -0.496 e. The SMILES string of the molecule is COc1ccc(Br)cc1C=C1N=C(C=Cc2ccccc2)OC1=O. The van der Waals surface area contributed by atoms with Crippen molar-refractivity contribution in [2.45, 2.75) is 0 Å². The first-order chi connectivity index (χ1) is 11.7. The fraction of sp³-hybridized carbons (Fsp3) is 0.0526. The molecule has 1 heterocycles. The number of aliphatic imine (C=N–C) groups is 1. The van der Waals surface area contributed by atoms with E-state index in [1.807, 2.05) is 54.6 Å². The topological polar surface area (TPSA) is 47.9 Å². The number of cyclic esters (lactones) is 1. The first-order valence-electron chi connectivity index (χ1n) is 7.25. The fourth-order valence-corrected chi connectivity index (χ4v) is 2.57. The van der Waals surface area contributed by atoms with Crippen molar-refractivity contribution in [3.8, 4) is 5.75 Å². The van der Waals surface area contributed by atoms with Gasteiger partial charge in [-0.3, -0.25) is 0 Å². The van der Waals surface area contributed by atoms with Crippen LogP contribution in [0.15, 0.2) is 69.8 Å². The Bertz CT molecular complexity index is 854. The molecule has 1 aliphatic rings. The highest BCUT2D eigenvalue weighted by atomic mass is 79.9. The van der Waals surface area contributed by atoms with Crippen LogP contribution in [-0.2, 0) is 9.53 Å². The molecule has 0 saturated heterocycles. The predicted octanol–water partition coefficient (Wildman–Crippen LogP) is 4.47. The maximum Gasteiger partial charge on any atom is 0.363 e. The van der Waals surface area contributed by atoms with E-state index in [9.17, 15) is 4.79 Å². The summed E-state index contributed by atoms with van der Waals surface area (Å²) in [5, 5.41) is 0. The summed E-state index contributed by atoms with van der Waals surface area (Å²) in [5.41, 5.74) is 1.98. The molecule has 2 aromatic carbocycles. The average Bonchev–Trinajstić information content (AvgIpc) is 2.94. The third-order valence-corrected chi connectivity index (χ3v) is 3.83. The zero-order valence-corrected chi connectivity index (χ0v) is 14.5. The van der Waals surface area contributed by atoms with E-state index in [4.69, 9.17) is 9.47 Å². The van der Waals surface area contributed by atoms with Crippen LogP contribution >= 0.6 is 15.9 Å². The van der Waals surface area contributed by atoms with E-state index in [1.54, 1.807) is 19.3 Å². The highest BCUT2D eigenvalue weighted by Crippen LogP contribution is 2.27. The standard InChI is InChI=1S/C19H14BrNO3/c1-23-17-9-8-15(20)11-14(17)12-16-19(22)24-18(21-16)10-7-13-5-3-2-4-6-13/h2-12H,1H3. The molecule has 0 N–H and O–H groups in total. The van der Waals surface area contributed by atoms with Gasteiger partial charge in [-0.25, -0.2) is 9.79 Å². The number of nitrogens with zero attached hydrogens (tertiary/aromatic N) is 1. The molecule has 0 amide bonds. The predicted molar refractivity (Wildman–Crippen MR) is 97.7 cm³/mol. The van der Waals surface area contributed by atoms with Crippen LogP contribution in [-0.4, -0.2) is 19.0 Å². The molecule has 0 radical (unpaired) electrons. The monoisotopic (exact) mass is 383 g/mol. The highest BCUT2D eigenvalue weighted by molar-refractivity contribution is 9.10. The molecule has 3 rings (SSSR count). The molecule has 1 aliphatic heterocycles. The second kappa shape index (κ2) is 7.27. The summed E-state index contributed by atoms with van der Waals surface area (Å²) >= 11 is 3.40. The summed E-state index contributed by atoms with van der Waals surface area (Å²) in [7, 11) is 1.58. The lowest BCUT2D eigenvalue weighted by molar-refractivity contribution is -0.129. The Kier molecular flexibility index (Phi) is 4.91. The van der Waals surface area contributed by atoms with E-state index in [-0.39, 0.29) is 11.6 Å². The second-order valence-electron chi connectivity index (χ2n) is 5.00. The van der Waals surface area contributed by atoms with E-state index in [2.05, 4.69) is 20.9 Å². The molecular formula is C19H14BrNO3. The number of benzene rings is 2. The first kappa shape index (κ1) is 16.2. The summed E-state index contributed by atoms with van der Waals surface area (Å²) < 4.78 is 11.4. The molecule has 0 aliphatic carbocycles. The van der Waals surface area contributed by atoms with Gasteiger partial charge >= 0.3 is 5.97 Å². The minimum absolute atomic E-state index is 0.235. The molecule has 0 bridgehead atoms. The summed E-state index contributed by atoms with van der Waals surface area (Å²) in [6, 6.07) is 15.3. The van der Waals surface area contributed by atoms with Crippen LogP contribution in [0.5, 0.6) is 5.75 Å². The van der Waals surface area contributed by atoms with Gasteiger partial charge in [0.15, 0.2) is 5.70 Å². The number of ether oxygens (including phenoxy) is 2. The van der Waals surface area contributed by atoms with Crippen molar-refractivity contribution >= 4 is 39.9 Å². The van der Waals surface area contributed by atoms with E-state index in [1.165, 1.54) is 0 Å². The third-order valence-electron chi connectivity index (χ3n) is 3.34. The van der Waals surface area contributed by atoms with Gasteiger partial charge in [-0.05, 0) is 35.9 Å². The average molecular weight is 384 g/mol. The number of rotatable bonds is 4. The van der Waals surface area contributed by atoms with Crippen LogP contribution in [0, 0.1) is 0 Å². The van der Waals surface area contributed by atoms with Gasteiger partial charge in [-0.2, -0.15) is 0 Å². The van der Waals surface area contributed by atoms with Crippen molar-refractivity contribution in [2.24, 2.45) is 4.99 Å². The summed E-state index contributed by atoms with van der Waals surface area (Å²) in [6.07, 6.45) is 5.16. The molecule has 5 heteroatoms. The number of halogens is 1. The molecule has 2 aromatic rings. The summed E-state index contributed by atoms with van der Waals surface area (Å²) in [4.78, 5) is 16.2. The fourth-order valence-electron chi connectivity index (χ4n) is 2.19. The van der Waals surface area contributed by atoms with Gasteiger partial charge in [0.2, 0.25) is 5.90 Å². The van der Waals surface area contributed by atoms with Crippen molar-refractivity contribution in [1.82, 2.24) is 0 Å². The molecule has 0 aromatic heterocycles. The van der Waals surface area contributed by atoms with Crippen molar-refractivity contribution in [3.05, 3.63) is 75.9 Å². The van der Waals surface area contributed by atoms with Gasteiger partial charge in [0.05, 0.1) is 7.11 Å². The maximum absolute atomic E-state index is 12.0. The van der Waals surface area contributed by atoms with Gasteiger partial charge in [-0.1, -0.05) is 46.3 Å². The Balaban J connectivity index is 1.87. The first-order valence-corrected chi connectivity index (χ1v) is 8.04. The smallest absolute Gasteiger partial charge is 0.363 e. The van der Waals surface area contributed by atoms with Gasteiger partial charge < -0.3 is 9.47 Å². The summed E-state index contributed by atoms with van der Waals surface area (Å²) in [6.45, 7) is 0. The number of esters is 1. The maximum atomic E-state index is 12.0. The third kappa shape index (κ3) is 3.81. The van der Waals surface area contributed by atoms with Gasteiger partial charge in [0.1, 0.15) is 5.75 Å². The number of hydrogen-bond donors (Lipinski definition) is 0. The highest BCUT2D eigenvalue weighted by Gasteiger charge is 2.21. The van der Waals surface area contributed by atoms with Crippen molar-refractivity contribution in [1.29, 1.82) is 0 Å². The van der Waals surface area contributed by atoms with E-state index in [0.717, 1.165) is 15.6 Å². The lowest BCUT2D eigenvalue weighted by Crippen LogP contribution is -2.01. The normalized spacial score (nSPS) is 15.7.